The Labute approximate surface area is 53.7 Å². The molecule has 0 aromatic carbocycles. The molecule has 0 N–H and O–H groups in total. The van der Waals surface area contributed by atoms with E-state index in [1.54, 1.807) is 0 Å². The van der Waals surface area contributed by atoms with Gasteiger partial charge in [0.15, 0.2) is 0 Å². The third-order valence-electron chi connectivity index (χ3n) is 1.31. The van der Waals surface area contributed by atoms with Gasteiger partial charge in [-0.15, -0.1) is 0 Å². The summed E-state index contributed by atoms with van der Waals surface area (Å²) in [5, 5.41) is 0. The molecule has 0 amide bonds. The van der Waals surface area contributed by atoms with Gasteiger partial charge in [-0.25, -0.2) is 0 Å². The first-order chi connectivity index (χ1) is 3.18. The van der Waals surface area contributed by atoms with Crippen LogP contribution in [0.3, 0.4) is 0 Å². The van der Waals surface area contributed by atoms with Crippen molar-refractivity contribution in [3.63, 3.8) is 0 Å². The molecule has 0 nitrogen and oxygen atoms in total. The minimum absolute atomic E-state index is 0.764. The molecule has 0 fully saturated rings. The van der Waals surface area contributed by atoms with Crippen LogP contribution in [0.1, 0.15) is 27.2 Å². The topological polar surface area (TPSA) is 0 Å². The minimum atomic E-state index is 0.764. The Morgan fingerprint density at radius 2 is 2.14 bits per heavy atom. The molecule has 0 radical (unpaired) electrons. The molecule has 1 unspecified atom stereocenters. The predicted molar refractivity (Wildman–Crippen MR) is 35.9 cm³/mol. The second-order valence-corrected chi connectivity index (χ2v) is 3.27. The Bertz CT molecular complexity index is 66.6. The molecule has 0 aromatic heterocycles. The first-order valence-electron chi connectivity index (χ1n) is 2.69. The van der Waals surface area contributed by atoms with Crippen LogP contribution >= 0.6 is 0 Å². The van der Waals surface area contributed by atoms with Crippen molar-refractivity contribution in [3.05, 3.63) is 0 Å². The van der Waals surface area contributed by atoms with Crippen LogP contribution in [0, 0.1) is 5.92 Å². The molecular weight excluding hydrogens is 151 g/mol. The summed E-state index contributed by atoms with van der Waals surface area (Å²) in [6.07, 6.45) is 1.25. The normalized spacial score (nSPS) is 13.6. The fourth-order valence-electron chi connectivity index (χ4n) is 0.287. The molecule has 1 heteroatoms. The number of hydrogen-bond acceptors (Lipinski definition) is 0. The first kappa shape index (κ1) is 7.39. The van der Waals surface area contributed by atoms with E-state index in [1.807, 2.05) is 0 Å². The standard InChI is InChI=1S/C6H12Se/c1-4-5(2)6(3)7/h5H,4H2,1-3H3. The van der Waals surface area contributed by atoms with Crippen LogP contribution in [0.5, 0.6) is 0 Å². The molecule has 0 heterocycles. The van der Waals surface area contributed by atoms with Crippen LogP contribution in [0.4, 0.5) is 0 Å². The van der Waals surface area contributed by atoms with Gasteiger partial charge in [0.1, 0.15) is 0 Å². The molecule has 0 aliphatic carbocycles. The van der Waals surface area contributed by atoms with Crippen LogP contribution in [-0.2, 0) is 0 Å². The Balaban J connectivity index is 3.34. The van der Waals surface area contributed by atoms with Gasteiger partial charge in [0.05, 0.1) is 0 Å². The molecule has 0 aromatic rings. The Morgan fingerprint density at radius 1 is 1.71 bits per heavy atom. The van der Waals surface area contributed by atoms with Crippen molar-refractivity contribution >= 4 is 20.0 Å². The molecule has 0 saturated heterocycles. The third-order valence-corrected chi connectivity index (χ3v) is 2.15. The van der Waals surface area contributed by atoms with Crippen LogP contribution in [0.25, 0.3) is 0 Å². The second kappa shape index (κ2) is 3.40. The van der Waals surface area contributed by atoms with E-state index in [0.29, 0.717) is 0 Å². The van der Waals surface area contributed by atoms with Gasteiger partial charge in [-0.1, -0.05) is 0 Å². The van der Waals surface area contributed by atoms with E-state index in [-0.39, 0.29) is 0 Å². The van der Waals surface area contributed by atoms with Gasteiger partial charge in [-0.3, -0.25) is 0 Å². The average molecular weight is 163 g/mol. The predicted octanol–water partition coefficient (Wildman–Crippen LogP) is 1.39. The summed E-state index contributed by atoms with van der Waals surface area (Å²) in [6, 6.07) is 0. The maximum absolute atomic E-state index is 3.01. The maximum atomic E-state index is 3.01. The zero-order valence-corrected chi connectivity index (χ0v) is 6.91. The van der Waals surface area contributed by atoms with Gasteiger partial charge < -0.3 is 0 Å². The summed E-state index contributed by atoms with van der Waals surface area (Å²) in [6.45, 7) is 6.56. The fraction of sp³-hybridized carbons (Fsp3) is 0.833. The van der Waals surface area contributed by atoms with Crippen molar-refractivity contribution in [1.82, 2.24) is 0 Å². The molecule has 7 heavy (non-hydrogen) atoms. The summed E-state index contributed by atoms with van der Waals surface area (Å²) in [5.74, 6) is 0.764. The zero-order valence-electron chi connectivity index (χ0n) is 5.19. The van der Waals surface area contributed by atoms with Crippen molar-refractivity contribution in [3.8, 4) is 0 Å². The molecular formula is C6H12Se. The van der Waals surface area contributed by atoms with Crippen molar-refractivity contribution in [2.24, 2.45) is 5.92 Å². The van der Waals surface area contributed by atoms with E-state index in [9.17, 15) is 0 Å². The summed E-state index contributed by atoms with van der Waals surface area (Å²) >= 11 is 3.01. The summed E-state index contributed by atoms with van der Waals surface area (Å²) < 4.78 is 1.42. The van der Waals surface area contributed by atoms with Gasteiger partial charge in [0, 0.05) is 0 Å². The van der Waals surface area contributed by atoms with Crippen molar-refractivity contribution < 1.29 is 0 Å². The van der Waals surface area contributed by atoms with Crippen LogP contribution < -0.4 is 0 Å². The molecule has 0 spiro atoms. The summed E-state index contributed by atoms with van der Waals surface area (Å²) in [7, 11) is 0. The summed E-state index contributed by atoms with van der Waals surface area (Å²) in [4.78, 5) is 0. The van der Waals surface area contributed by atoms with Crippen molar-refractivity contribution in [2.45, 2.75) is 27.2 Å². The first-order valence-corrected chi connectivity index (χ1v) is 3.54. The van der Waals surface area contributed by atoms with Gasteiger partial charge >= 0.3 is 53.1 Å². The quantitative estimate of drug-likeness (QED) is 0.539. The van der Waals surface area contributed by atoms with E-state index in [4.69, 9.17) is 0 Å². The number of rotatable bonds is 2. The molecule has 42 valence electrons. The third kappa shape index (κ3) is 3.02. The molecule has 0 aliphatic rings. The van der Waals surface area contributed by atoms with Crippen LogP contribution in [0.15, 0.2) is 0 Å². The van der Waals surface area contributed by atoms with Gasteiger partial charge in [-0.05, 0) is 0 Å². The number of hydrogen-bond donors (Lipinski definition) is 0. The van der Waals surface area contributed by atoms with E-state index in [2.05, 4.69) is 36.3 Å². The Morgan fingerprint density at radius 3 is 2.14 bits per heavy atom. The SMILES string of the molecule is CCC(C)C(C)=[Se]. The molecule has 0 bridgehead atoms. The van der Waals surface area contributed by atoms with E-state index in [1.165, 1.54) is 10.8 Å². The average Bonchev–Trinajstić information content (AvgIpc) is 1.65. The Hall–Kier alpha value is 0.389. The van der Waals surface area contributed by atoms with Gasteiger partial charge in [-0.2, -0.15) is 0 Å². The molecule has 0 saturated carbocycles. The zero-order chi connectivity index (χ0) is 5.86. The van der Waals surface area contributed by atoms with Gasteiger partial charge in [0.2, 0.25) is 0 Å². The Kier molecular flexibility index (Phi) is 3.59. The molecule has 1 atom stereocenters. The van der Waals surface area contributed by atoms with Gasteiger partial charge in [0.25, 0.3) is 0 Å². The van der Waals surface area contributed by atoms with Crippen molar-refractivity contribution in [2.75, 3.05) is 0 Å². The fourth-order valence-corrected chi connectivity index (χ4v) is 0.637. The van der Waals surface area contributed by atoms with Crippen molar-refractivity contribution in [1.29, 1.82) is 0 Å². The monoisotopic (exact) mass is 164 g/mol. The summed E-state index contributed by atoms with van der Waals surface area (Å²) in [5.41, 5.74) is 0. The van der Waals surface area contributed by atoms with Crippen LogP contribution in [-0.4, -0.2) is 20.0 Å². The molecule has 0 aliphatic heterocycles. The van der Waals surface area contributed by atoms with E-state index >= 15 is 0 Å². The van der Waals surface area contributed by atoms with Crippen LogP contribution in [0.2, 0.25) is 0 Å². The van der Waals surface area contributed by atoms with E-state index in [0.717, 1.165) is 5.92 Å². The molecule has 0 rings (SSSR count). The van der Waals surface area contributed by atoms with E-state index < -0.39 is 0 Å². The second-order valence-electron chi connectivity index (χ2n) is 1.92.